The summed E-state index contributed by atoms with van der Waals surface area (Å²) in [7, 11) is 0. The zero-order valence-corrected chi connectivity index (χ0v) is 22.5. The van der Waals surface area contributed by atoms with Crippen molar-refractivity contribution >= 4 is 6.72 Å². The highest BCUT2D eigenvalue weighted by molar-refractivity contribution is 5.42. The summed E-state index contributed by atoms with van der Waals surface area (Å²) in [5.41, 5.74) is 0.890. The molecule has 0 spiro atoms. The Kier molecular flexibility index (Phi) is 9.39. The Hall–Kier alpha value is -1.61. The average Bonchev–Trinajstić information content (AvgIpc) is 2.64. The van der Waals surface area contributed by atoms with Crippen LogP contribution in [-0.2, 0) is 14.2 Å². The number of nitrogens with zero attached hydrogens (tertiary/aromatic N) is 2. The van der Waals surface area contributed by atoms with E-state index in [2.05, 4.69) is 62.2 Å². The van der Waals surface area contributed by atoms with Gasteiger partial charge in [0.05, 0.1) is 29.5 Å². The van der Waals surface area contributed by atoms with Crippen molar-refractivity contribution in [3.8, 4) is 11.8 Å². The molecule has 1 saturated carbocycles. The van der Waals surface area contributed by atoms with Gasteiger partial charge in [-0.05, 0) is 107 Å². The van der Waals surface area contributed by atoms with Crippen molar-refractivity contribution in [2.45, 2.75) is 123 Å². The van der Waals surface area contributed by atoms with Crippen molar-refractivity contribution in [3.63, 3.8) is 0 Å². The minimum atomic E-state index is -0.563. The molecular weight excluding hydrogens is 412 g/mol. The third-order valence-electron chi connectivity index (χ3n) is 5.57. The van der Waals surface area contributed by atoms with E-state index in [1.54, 1.807) is 0 Å². The number of rotatable bonds is 7. The van der Waals surface area contributed by atoms with Gasteiger partial charge >= 0.3 is 0 Å². The van der Waals surface area contributed by atoms with Gasteiger partial charge in [0.1, 0.15) is 11.3 Å². The first-order valence-electron chi connectivity index (χ1n) is 12.4. The third-order valence-corrected chi connectivity index (χ3v) is 5.57. The second kappa shape index (κ2) is 11.2. The topological polar surface area (TPSA) is 43.3 Å². The molecule has 1 aliphatic carbocycles. The Morgan fingerprint density at radius 2 is 1.55 bits per heavy atom. The number of aliphatic imine (C=N–C) groups is 1. The van der Waals surface area contributed by atoms with Crippen LogP contribution in [0.25, 0.3) is 0 Å². The SMILES string of the molecule is C=N/C(C#CC(C)(C)OC(C)(C)C)=C\C(=C/C)N1CCC(OC2CC(OC(C)(C)C)C2)CC1. The van der Waals surface area contributed by atoms with E-state index in [9.17, 15) is 0 Å². The van der Waals surface area contributed by atoms with Crippen LogP contribution in [0.3, 0.4) is 0 Å². The van der Waals surface area contributed by atoms with E-state index in [-0.39, 0.29) is 11.2 Å². The molecule has 33 heavy (non-hydrogen) atoms. The lowest BCUT2D eigenvalue weighted by molar-refractivity contribution is -0.167. The van der Waals surface area contributed by atoms with Crippen molar-refractivity contribution in [2.24, 2.45) is 4.99 Å². The van der Waals surface area contributed by atoms with Gasteiger partial charge in [-0.2, -0.15) is 0 Å². The molecule has 0 aromatic rings. The fourth-order valence-corrected chi connectivity index (χ4v) is 4.37. The van der Waals surface area contributed by atoms with Gasteiger partial charge in [-0.25, -0.2) is 0 Å². The Labute approximate surface area is 202 Å². The van der Waals surface area contributed by atoms with Gasteiger partial charge in [0.15, 0.2) is 0 Å². The summed E-state index contributed by atoms with van der Waals surface area (Å²) in [6.45, 7) is 24.1. The lowest BCUT2D eigenvalue weighted by Crippen LogP contribution is -2.45. The Balaban J connectivity index is 1.87. The molecule has 0 N–H and O–H groups in total. The maximum Gasteiger partial charge on any atom is 0.124 e. The van der Waals surface area contributed by atoms with Gasteiger partial charge in [0, 0.05) is 18.8 Å². The molecule has 0 unspecified atom stereocenters. The molecular formula is C28H46N2O3. The number of hydrogen-bond acceptors (Lipinski definition) is 5. The summed E-state index contributed by atoms with van der Waals surface area (Å²) in [6, 6.07) is 0. The third kappa shape index (κ3) is 10.0. The normalized spacial score (nSPS) is 23.6. The molecule has 1 aliphatic heterocycles. The Morgan fingerprint density at radius 1 is 0.939 bits per heavy atom. The minimum Gasteiger partial charge on any atom is -0.375 e. The molecule has 186 valence electrons. The van der Waals surface area contributed by atoms with E-state index in [0.717, 1.165) is 44.5 Å². The van der Waals surface area contributed by atoms with Crippen LogP contribution >= 0.6 is 0 Å². The van der Waals surface area contributed by atoms with Gasteiger partial charge in [-0.3, -0.25) is 4.99 Å². The molecule has 0 radical (unpaired) electrons. The van der Waals surface area contributed by atoms with Crippen LogP contribution in [0.1, 0.15) is 88.0 Å². The highest BCUT2D eigenvalue weighted by Gasteiger charge is 2.35. The quantitative estimate of drug-likeness (QED) is 0.271. The maximum absolute atomic E-state index is 6.35. The van der Waals surface area contributed by atoms with Crippen LogP contribution in [0, 0.1) is 11.8 Å². The average molecular weight is 459 g/mol. The highest BCUT2D eigenvalue weighted by Crippen LogP contribution is 2.32. The molecule has 2 rings (SSSR count). The molecule has 0 aromatic carbocycles. The van der Waals surface area contributed by atoms with Gasteiger partial charge in [-0.1, -0.05) is 12.0 Å². The largest absolute Gasteiger partial charge is 0.375 e. The predicted octanol–water partition coefficient (Wildman–Crippen LogP) is 5.90. The first-order chi connectivity index (χ1) is 15.2. The monoisotopic (exact) mass is 458 g/mol. The molecule has 2 fully saturated rings. The second-order valence-corrected chi connectivity index (χ2v) is 11.6. The maximum atomic E-state index is 6.35. The van der Waals surface area contributed by atoms with E-state index in [1.165, 1.54) is 0 Å². The predicted molar refractivity (Wildman–Crippen MR) is 137 cm³/mol. The standard InChI is InChI=1S/C28H46N2O3/c1-11-22(18-21(29-10)12-15-28(8,9)33-27(5,6)7)30-16-13-23(14-17-30)31-24-19-25(20-24)32-26(2,3)4/h11,18,23-25H,10,13-14,16-17,19-20H2,1-9H3/b21-18-,22-11+. The number of allylic oxidation sites excluding steroid dienone is 3. The summed E-state index contributed by atoms with van der Waals surface area (Å²) < 4.78 is 18.4. The summed E-state index contributed by atoms with van der Waals surface area (Å²) in [6.07, 6.45) is 9.25. The minimum absolute atomic E-state index is 0.0731. The number of hydrogen-bond donors (Lipinski definition) is 0. The second-order valence-electron chi connectivity index (χ2n) is 11.6. The molecule has 5 heteroatoms. The molecule has 0 amide bonds. The van der Waals surface area contributed by atoms with Crippen LogP contribution < -0.4 is 0 Å². The zero-order valence-electron chi connectivity index (χ0n) is 22.5. The van der Waals surface area contributed by atoms with Crippen molar-refractivity contribution in [1.82, 2.24) is 4.90 Å². The fourth-order valence-electron chi connectivity index (χ4n) is 4.37. The summed E-state index contributed by atoms with van der Waals surface area (Å²) in [5, 5.41) is 0. The first-order valence-corrected chi connectivity index (χ1v) is 12.4. The van der Waals surface area contributed by atoms with Gasteiger partial charge < -0.3 is 19.1 Å². The van der Waals surface area contributed by atoms with Crippen molar-refractivity contribution in [3.05, 3.63) is 23.5 Å². The molecule has 0 aromatic heterocycles. The molecule has 1 saturated heterocycles. The summed E-state index contributed by atoms with van der Waals surface area (Å²) in [4.78, 5) is 6.54. The van der Waals surface area contributed by atoms with Crippen LogP contribution in [0.4, 0.5) is 0 Å². The molecule has 0 bridgehead atoms. The summed E-state index contributed by atoms with van der Waals surface area (Å²) >= 11 is 0. The molecule has 0 atom stereocenters. The lowest BCUT2D eigenvalue weighted by Gasteiger charge is -2.42. The van der Waals surface area contributed by atoms with Gasteiger partial charge in [-0.15, -0.1) is 0 Å². The number of piperidine rings is 1. The van der Waals surface area contributed by atoms with E-state index in [4.69, 9.17) is 14.2 Å². The number of likely N-dealkylation sites (tertiary alicyclic amines) is 1. The smallest absolute Gasteiger partial charge is 0.124 e. The highest BCUT2D eigenvalue weighted by atomic mass is 16.5. The molecule has 1 heterocycles. The fraction of sp³-hybridized carbons (Fsp3) is 0.750. The molecule has 2 aliphatic rings. The lowest BCUT2D eigenvalue weighted by atomic mass is 9.90. The van der Waals surface area contributed by atoms with E-state index in [1.807, 2.05) is 40.7 Å². The zero-order chi connectivity index (χ0) is 24.9. The van der Waals surface area contributed by atoms with Gasteiger partial charge in [0.25, 0.3) is 0 Å². The number of ether oxygens (including phenoxy) is 3. The van der Waals surface area contributed by atoms with Crippen LogP contribution in [0.5, 0.6) is 0 Å². The Bertz CT molecular complexity index is 773. The van der Waals surface area contributed by atoms with E-state index >= 15 is 0 Å². The molecule has 5 nitrogen and oxygen atoms in total. The van der Waals surface area contributed by atoms with Gasteiger partial charge in [0.2, 0.25) is 0 Å². The van der Waals surface area contributed by atoms with Crippen LogP contribution in [-0.4, -0.2) is 59.8 Å². The summed E-state index contributed by atoms with van der Waals surface area (Å²) in [5.74, 6) is 6.37. The van der Waals surface area contributed by atoms with E-state index in [0.29, 0.717) is 24.0 Å². The van der Waals surface area contributed by atoms with E-state index < -0.39 is 5.60 Å². The van der Waals surface area contributed by atoms with Crippen LogP contribution in [0.2, 0.25) is 0 Å². The Morgan fingerprint density at radius 3 is 2.03 bits per heavy atom. The van der Waals surface area contributed by atoms with Crippen molar-refractivity contribution in [1.29, 1.82) is 0 Å². The van der Waals surface area contributed by atoms with Crippen molar-refractivity contribution in [2.75, 3.05) is 13.1 Å². The first kappa shape index (κ1) is 27.6. The van der Waals surface area contributed by atoms with Crippen molar-refractivity contribution < 1.29 is 14.2 Å². The van der Waals surface area contributed by atoms with Crippen LogP contribution in [0.15, 0.2) is 28.5 Å².